The fourth-order valence-electron chi connectivity index (χ4n) is 3.74. The molecule has 1 aliphatic rings. The number of non-ortho nitro benzene ring substituents is 1. The molecule has 9 heteroatoms. The summed E-state index contributed by atoms with van der Waals surface area (Å²) in [4.78, 5) is 17.4. The lowest BCUT2D eigenvalue weighted by Crippen LogP contribution is -2.34. The molecular weight excluding hydrogens is 417 g/mol. The van der Waals surface area contributed by atoms with E-state index >= 15 is 0 Å². The Hall–Kier alpha value is -2.96. The highest BCUT2D eigenvalue weighted by atomic mass is 31.2. The van der Waals surface area contributed by atoms with Crippen LogP contribution in [0.3, 0.4) is 0 Å². The van der Waals surface area contributed by atoms with Crippen LogP contribution in [-0.4, -0.2) is 29.6 Å². The predicted octanol–water partition coefficient (Wildman–Crippen LogP) is 4.51. The van der Waals surface area contributed by atoms with Gasteiger partial charge in [-0.2, -0.15) is 0 Å². The van der Waals surface area contributed by atoms with E-state index in [1.807, 2.05) is 23.1 Å². The number of piperidine rings is 1. The summed E-state index contributed by atoms with van der Waals surface area (Å²) >= 11 is 0. The van der Waals surface area contributed by atoms with Gasteiger partial charge in [0.05, 0.1) is 11.5 Å². The van der Waals surface area contributed by atoms with Gasteiger partial charge in [0.25, 0.3) is 13.1 Å². The van der Waals surface area contributed by atoms with E-state index < -0.39 is 12.3 Å². The van der Waals surface area contributed by atoms with Crippen molar-refractivity contribution in [2.75, 3.05) is 24.6 Å². The largest absolute Gasteiger partial charge is 0.420 e. The third-order valence-corrected chi connectivity index (χ3v) is 7.67. The molecule has 1 saturated heterocycles. The van der Waals surface area contributed by atoms with Crippen molar-refractivity contribution in [1.82, 2.24) is 4.98 Å². The van der Waals surface area contributed by atoms with Crippen molar-refractivity contribution in [3.8, 4) is 11.5 Å². The Labute approximate surface area is 180 Å². The smallest absolute Gasteiger partial charge is 0.284 e. The van der Waals surface area contributed by atoms with Crippen molar-refractivity contribution < 1.29 is 18.4 Å². The van der Waals surface area contributed by atoms with Crippen LogP contribution >= 0.6 is 7.37 Å². The number of aromatic nitrogens is 1. The number of nitro groups is 1. The maximum atomic E-state index is 14.2. The highest BCUT2D eigenvalue weighted by molar-refractivity contribution is 7.74. The number of hydrogen-bond acceptors (Lipinski definition) is 7. The fraction of sp³-hybridized carbons (Fsp3) is 0.318. The number of nitrogens with zero attached hydrogens (tertiary/aromatic N) is 3. The second kappa shape index (κ2) is 9.04. The van der Waals surface area contributed by atoms with Crippen molar-refractivity contribution in [3.63, 3.8) is 0 Å². The normalized spacial score (nSPS) is 16.1. The van der Waals surface area contributed by atoms with Crippen molar-refractivity contribution in [2.45, 2.75) is 26.2 Å². The van der Waals surface area contributed by atoms with Crippen molar-refractivity contribution in [2.24, 2.45) is 0 Å². The molecule has 0 radical (unpaired) electrons. The summed E-state index contributed by atoms with van der Waals surface area (Å²) in [5, 5.41) is 11.8. The molecule has 0 aliphatic carbocycles. The average molecular weight is 441 g/mol. The highest BCUT2D eigenvalue weighted by Crippen LogP contribution is 2.48. The lowest BCUT2D eigenvalue weighted by molar-refractivity contribution is -0.384. The van der Waals surface area contributed by atoms with Crippen LogP contribution in [0, 0.1) is 10.1 Å². The molecule has 0 amide bonds. The van der Waals surface area contributed by atoms with Crippen LogP contribution in [0.15, 0.2) is 59.0 Å². The van der Waals surface area contributed by atoms with Gasteiger partial charge in [-0.15, -0.1) is 0 Å². The molecule has 1 atom stereocenters. The number of anilines is 1. The quantitative estimate of drug-likeness (QED) is 0.302. The van der Waals surface area contributed by atoms with E-state index in [1.54, 1.807) is 31.2 Å². The van der Waals surface area contributed by atoms with Crippen LogP contribution in [0.4, 0.5) is 11.6 Å². The second-order valence-electron chi connectivity index (χ2n) is 7.31. The molecule has 0 N–H and O–H groups in total. The van der Waals surface area contributed by atoms with Gasteiger partial charge in [0.2, 0.25) is 11.8 Å². The molecule has 4 rings (SSSR count). The average Bonchev–Trinajstić information content (AvgIpc) is 3.27. The number of hydrogen-bond donors (Lipinski definition) is 0. The molecule has 1 aromatic heterocycles. The zero-order valence-corrected chi connectivity index (χ0v) is 18.2. The summed E-state index contributed by atoms with van der Waals surface area (Å²) in [5.41, 5.74) is 0.645. The van der Waals surface area contributed by atoms with Gasteiger partial charge in [0.15, 0.2) is 5.44 Å². The number of nitro benzene ring substituents is 1. The molecule has 8 nitrogen and oxygen atoms in total. The summed E-state index contributed by atoms with van der Waals surface area (Å²) in [5.74, 6) is 0.608. The third kappa shape index (κ3) is 4.27. The molecule has 162 valence electrons. The molecule has 2 heterocycles. The lowest BCUT2D eigenvalue weighted by atomic mass is 10.1. The Balaban J connectivity index is 1.88. The van der Waals surface area contributed by atoms with Crippen LogP contribution in [0.2, 0.25) is 0 Å². The van der Waals surface area contributed by atoms with E-state index in [0.29, 0.717) is 16.8 Å². The van der Waals surface area contributed by atoms with E-state index in [1.165, 1.54) is 12.1 Å². The first-order valence-electron chi connectivity index (χ1n) is 10.3. The van der Waals surface area contributed by atoms with Crippen molar-refractivity contribution >= 4 is 29.7 Å². The number of oxazole rings is 1. The maximum absolute atomic E-state index is 14.2. The molecule has 1 aliphatic heterocycles. The Bertz CT molecular complexity index is 1110. The summed E-state index contributed by atoms with van der Waals surface area (Å²) in [7, 11) is -3.54. The van der Waals surface area contributed by atoms with Gasteiger partial charge in [0, 0.05) is 36.1 Å². The van der Waals surface area contributed by atoms with E-state index in [9.17, 15) is 14.7 Å². The van der Waals surface area contributed by atoms with Crippen molar-refractivity contribution in [1.29, 1.82) is 0 Å². The Morgan fingerprint density at radius 2 is 1.87 bits per heavy atom. The predicted molar refractivity (Wildman–Crippen MR) is 120 cm³/mol. The third-order valence-electron chi connectivity index (χ3n) is 5.23. The molecule has 0 saturated carbocycles. The first kappa shape index (κ1) is 21.3. The molecule has 0 unspecified atom stereocenters. The van der Waals surface area contributed by atoms with Crippen LogP contribution in [0.25, 0.3) is 11.5 Å². The minimum absolute atomic E-state index is 0.0622. The zero-order valence-electron chi connectivity index (χ0n) is 17.3. The summed E-state index contributed by atoms with van der Waals surface area (Å²) in [6.45, 7) is 3.55. The Morgan fingerprint density at radius 1 is 1.13 bits per heavy atom. The van der Waals surface area contributed by atoms with Crippen LogP contribution in [0.5, 0.6) is 0 Å². The number of rotatable bonds is 7. The Morgan fingerprint density at radius 3 is 2.55 bits per heavy atom. The van der Waals surface area contributed by atoms with E-state index in [4.69, 9.17) is 8.94 Å². The van der Waals surface area contributed by atoms with Gasteiger partial charge in [-0.05, 0) is 44.4 Å². The van der Waals surface area contributed by atoms with Gasteiger partial charge in [-0.3, -0.25) is 14.7 Å². The second-order valence-corrected chi connectivity index (χ2v) is 9.61. The van der Waals surface area contributed by atoms with Crippen molar-refractivity contribution in [3.05, 3.63) is 64.7 Å². The van der Waals surface area contributed by atoms with Gasteiger partial charge in [-0.1, -0.05) is 24.3 Å². The fourth-order valence-corrected chi connectivity index (χ4v) is 5.84. The molecule has 0 spiro atoms. The molecule has 31 heavy (non-hydrogen) atoms. The highest BCUT2D eigenvalue weighted by Gasteiger charge is 2.38. The molecule has 2 aromatic carbocycles. The van der Waals surface area contributed by atoms with Crippen LogP contribution < -0.4 is 15.6 Å². The summed E-state index contributed by atoms with van der Waals surface area (Å²) in [6.07, 6.45) is 3.12. The van der Waals surface area contributed by atoms with E-state index in [0.717, 1.165) is 32.4 Å². The van der Waals surface area contributed by atoms with E-state index in [2.05, 4.69) is 4.98 Å². The molecule has 3 aromatic rings. The van der Waals surface area contributed by atoms with Gasteiger partial charge >= 0.3 is 0 Å². The monoisotopic (exact) mass is 441 g/mol. The van der Waals surface area contributed by atoms with Crippen LogP contribution in [-0.2, 0) is 9.09 Å². The van der Waals surface area contributed by atoms with E-state index in [-0.39, 0.29) is 23.6 Å². The zero-order chi connectivity index (χ0) is 21.8. The minimum atomic E-state index is -3.54. The maximum Gasteiger partial charge on any atom is 0.284 e. The van der Waals surface area contributed by atoms with Crippen LogP contribution in [0.1, 0.15) is 26.2 Å². The molecule has 1 fully saturated rings. The SMILES string of the molecule is CCO[P@](=O)(c1ccccc1)c1nc(-c2cccc([N+](=O)[O-])c2)oc1N1CCCCC1. The summed E-state index contributed by atoms with van der Waals surface area (Å²) in [6, 6.07) is 15.1. The standard InChI is InChI=1S/C22H24N3O5P/c1-2-29-31(28,19-12-5-3-6-13-19)21-22(24-14-7-4-8-15-24)30-20(23-21)17-10-9-11-18(16-17)25(26)27/h3,5-6,9-13,16H,2,4,7-8,14-15H2,1H3/t31-/m1/s1. The topological polar surface area (TPSA) is 98.7 Å². The van der Waals surface area contributed by atoms with Gasteiger partial charge < -0.3 is 13.8 Å². The minimum Gasteiger partial charge on any atom is -0.420 e. The van der Waals surface area contributed by atoms with Gasteiger partial charge in [-0.25, -0.2) is 4.98 Å². The molecule has 0 bridgehead atoms. The Kier molecular flexibility index (Phi) is 6.20. The first-order chi connectivity index (χ1) is 15.0. The van der Waals surface area contributed by atoms with Gasteiger partial charge in [0.1, 0.15) is 0 Å². The summed E-state index contributed by atoms with van der Waals surface area (Å²) < 4.78 is 26.2. The number of benzene rings is 2. The molecular formula is C22H24N3O5P. The lowest BCUT2D eigenvalue weighted by Gasteiger charge is -2.28. The first-order valence-corrected chi connectivity index (χ1v) is 12.0.